The normalized spacial score (nSPS) is 13.2. The van der Waals surface area contributed by atoms with Crippen molar-refractivity contribution in [3.63, 3.8) is 0 Å². The standard InChI is InChI=1S/C10H11ClFNO5S/c11-6-1-2-9(7(12)5-6)19(17,18)13-8(3-4-14)10(15)16/h1-2,5,8,13-14H,3-4H2,(H,15,16)/t8-/m0/s1. The lowest BCUT2D eigenvalue weighted by Gasteiger charge is -2.14. The molecule has 0 bridgehead atoms. The first-order valence-corrected chi connectivity index (χ1v) is 6.95. The summed E-state index contributed by atoms with van der Waals surface area (Å²) in [4.78, 5) is 10.1. The number of hydrogen-bond donors (Lipinski definition) is 3. The van der Waals surface area contributed by atoms with E-state index in [9.17, 15) is 17.6 Å². The average Bonchev–Trinajstić information content (AvgIpc) is 2.27. The Hall–Kier alpha value is -1.22. The van der Waals surface area contributed by atoms with Crippen molar-refractivity contribution in [2.24, 2.45) is 0 Å². The molecule has 0 spiro atoms. The second kappa shape index (κ2) is 6.29. The van der Waals surface area contributed by atoms with Crippen molar-refractivity contribution in [1.29, 1.82) is 0 Å². The number of hydrogen-bond acceptors (Lipinski definition) is 4. The number of carboxylic acids is 1. The molecule has 3 N–H and O–H groups in total. The van der Waals surface area contributed by atoms with Gasteiger partial charge in [0.2, 0.25) is 10.0 Å². The van der Waals surface area contributed by atoms with Crippen LogP contribution in [0, 0.1) is 5.82 Å². The zero-order valence-electron chi connectivity index (χ0n) is 9.51. The molecule has 0 aliphatic heterocycles. The van der Waals surface area contributed by atoms with Gasteiger partial charge in [-0.15, -0.1) is 0 Å². The Morgan fingerprint density at radius 3 is 2.58 bits per heavy atom. The molecule has 0 unspecified atom stereocenters. The van der Waals surface area contributed by atoms with E-state index in [2.05, 4.69) is 0 Å². The smallest absolute Gasteiger partial charge is 0.321 e. The first-order valence-electron chi connectivity index (χ1n) is 5.09. The number of nitrogens with one attached hydrogen (secondary N) is 1. The second-order valence-corrected chi connectivity index (χ2v) is 5.72. The largest absolute Gasteiger partial charge is 0.480 e. The molecular weight excluding hydrogens is 301 g/mol. The third-order valence-electron chi connectivity index (χ3n) is 2.20. The first-order chi connectivity index (χ1) is 8.77. The van der Waals surface area contributed by atoms with E-state index < -0.39 is 39.4 Å². The van der Waals surface area contributed by atoms with Crippen LogP contribution in [0.2, 0.25) is 5.02 Å². The van der Waals surface area contributed by atoms with Crippen molar-refractivity contribution in [2.75, 3.05) is 6.61 Å². The van der Waals surface area contributed by atoms with Crippen molar-refractivity contribution < 1.29 is 27.8 Å². The molecule has 0 heterocycles. The van der Waals surface area contributed by atoms with Crippen LogP contribution >= 0.6 is 11.6 Å². The molecule has 1 aromatic carbocycles. The van der Waals surface area contributed by atoms with E-state index in [1.54, 1.807) is 4.72 Å². The van der Waals surface area contributed by atoms with E-state index in [0.29, 0.717) is 0 Å². The fourth-order valence-corrected chi connectivity index (χ4v) is 2.75. The van der Waals surface area contributed by atoms with Crippen LogP contribution in [-0.4, -0.2) is 37.2 Å². The van der Waals surface area contributed by atoms with E-state index in [1.165, 1.54) is 6.07 Å². The van der Waals surface area contributed by atoms with Crippen LogP contribution in [0.1, 0.15) is 6.42 Å². The molecule has 0 radical (unpaired) electrons. The van der Waals surface area contributed by atoms with Crippen molar-refractivity contribution in [3.8, 4) is 0 Å². The van der Waals surface area contributed by atoms with Gasteiger partial charge in [0.05, 0.1) is 0 Å². The first kappa shape index (κ1) is 15.8. The molecule has 6 nitrogen and oxygen atoms in total. The van der Waals surface area contributed by atoms with Gasteiger partial charge in [0.15, 0.2) is 0 Å². The Morgan fingerprint density at radius 2 is 2.11 bits per heavy atom. The molecule has 0 saturated heterocycles. The van der Waals surface area contributed by atoms with Crippen molar-refractivity contribution in [2.45, 2.75) is 17.4 Å². The molecule has 0 aliphatic rings. The SMILES string of the molecule is O=C(O)[C@H](CCO)NS(=O)(=O)c1ccc(Cl)cc1F. The predicted octanol–water partition coefficient (Wildman–Crippen LogP) is 0.593. The average molecular weight is 312 g/mol. The van der Waals surface area contributed by atoms with Crippen LogP contribution in [0.25, 0.3) is 0 Å². The van der Waals surface area contributed by atoms with Gasteiger partial charge in [0, 0.05) is 11.6 Å². The van der Waals surface area contributed by atoms with Gasteiger partial charge in [-0.1, -0.05) is 11.6 Å². The van der Waals surface area contributed by atoms with Crippen LogP contribution < -0.4 is 4.72 Å². The fourth-order valence-electron chi connectivity index (χ4n) is 1.31. The summed E-state index contributed by atoms with van der Waals surface area (Å²) in [5.41, 5.74) is 0. The molecular formula is C10H11ClFNO5S. The molecule has 19 heavy (non-hydrogen) atoms. The highest BCUT2D eigenvalue weighted by Gasteiger charge is 2.27. The Balaban J connectivity index is 3.06. The number of sulfonamides is 1. The monoisotopic (exact) mass is 311 g/mol. The summed E-state index contributed by atoms with van der Waals surface area (Å²) in [5.74, 6) is -2.56. The molecule has 9 heteroatoms. The second-order valence-electron chi connectivity index (χ2n) is 3.60. The van der Waals surface area contributed by atoms with Crippen LogP contribution in [0.5, 0.6) is 0 Å². The van der Waals surface area contributed by atoms with Gasteiger partial charge in [-0.2, -0.15) is 4.72 Å². The molecule has 0 saturated carbocycles. The molecule has 0 fully saturated rings. The van der Waals surface area contributed by atoms with Gasteiger partial charge >= 0.3 is 5.97 Å². The summed E-state index contributed by atoms with van der Waals surface area (Å²) < 4.78 is 38.9. The van der Waals surface area contributed by atoms with Gasteiger partial charge < -0.3 is 10.2 Å². The quantitative estimate of drug-likeness (QED) is 0.713. The highest BCUT2D eigenvalue weighted by Crippen LogP contribution is 2.19. The van der Waals surface area contributed by atoms with Crippen molar-refractivity contribution in [3.05, 3.63) is 29.0 Å². The Bertz CT molecular complexity index is 577. The summed E-state index contributed by atoms with van der Waals surface area (Å²) in [6.45, 7) is -0.525. The molecule has 1 rings (SSSR count). The number of rotatable bonds is 6. The van der Waals surface area contributed by atoms with Crippen LogP contribution in [-0.2, 0) is 14.8 Å². The number of carboxylic acid groups (broad SMARTS) is 1. The van der Waals surface area contributed by atoms with Crippen LogP contribution in [0.15, 0.2) is 23.1 Å². The summed E-state index contributed by atoms with van der Waals surface area (Å²) in [6.07, 6.45) is -0.330. The number of halogens is 2. The lowest BCUT2D eigenvalue weighted by atomic mass is 10.2. The number of benzene rings is 1. The zero-order valence-corrected chi connectivity index (χ0v) is 11.1. The Labute approximate surface area is 113 Å². The molecule has 1 aromatic rings. The van der Waals surface area contributed by atoms with Crippen LogP contribution in [0.3, 0.4) is 0 Å². The predicted molar refractivity (Wildman–Crippen MR) is 64.9 cm³/mol. The Kier molecular flexibility index (Phi) is 5.24. The maximum absolute atomic E-state index is 13.5. The number of aliphatic hydroxyl groups is 1. The molecule has 0 amide bonds. The van der Waals surface area contributed by atoms with Gasteiger partial charge in [-0.3, -0.25) is 4.79 Å². The maximum Gasteiger partial charge on any atom is 0.321 e. The molecule has 0 aromatic heterocycles. The highest BCUT2D eigenvalue weighted by atomic mass is 35.5. The van der Waals surface area contributed by atoms with E-state index in [-0.39, 0.29) is 11.4 Å². The van der Waals surface area contributed by atoms with Crippen LogP contribution in [0.4, 0.5) is 4.39 Å². The summed E-state index contributed by atoms with van der Waals surface area (Å²) in [6, 6.07) is 1.36. The van der Waals surface area contributed by atoms with Gasteiger partial charge in [-0.25, -0.2) is 12.8 Å². The molecule has 1 atom stereocenters. The van der Waals surface area contributed by atoms with Gasteiger partial charge in [-0.05, 0) is 24.6 Å². The highest BCUT2D eigenvalue weighted by molar-refractivity contribution is 7.89. The fraction of sp³-hybridized carbons (Fsp3) is 0.300. The number of carbonyl (C=O) groups is 1. The lowest BCUT2D eigenvalue weighted by Crippen LogP contribution is -2.41. The zero-order chi connectivity index (χ0) is 14.6. The number of aliphatic hydroxyl groups excluding tert-OH is 1. The van der Waals surface area contributed by atoms with E-state index >= 15 is 0 Å². The lowest BCUT2D eigenvalue weighted by molar-refractivity contribution is -0.139. The summed E-state index contributed by atoms with van der Waals surface area (Å²) in [7, 11) is -4.35. The van der Waals surface area contributed by atoms with E-state index in [1.807, 2.05) is 0 Å². The topological polar surface area (TPSA) is 104 Å². The summed E-state index contributed by atoms with van der Waals surface area (Å²) >= 11 is 5.49. The van der Waals surface area contributed by atoms with Gasteiger partial charge in [0.1, 0.15) is 16.8 Å². The third kappa shape index (κ3) is 4.13. The Morgan fingerprint density at radius 1 is 1.47 bits per heavy atom. The maximum atomic E-state index is 13.5. The minimum Gasteiger partial charge on any atom is -0.480 e. The van der Waals surface area contributed by atoms with Gasteiger partial charge in [0.25, 0.3) is 0 Å². The van der Waals surface area contributed by atoms with Crippen molar-refractivity contribution in [1.82, 2.24) is 4.72 Å². The molecule has 106 valence electrons. The van der Waals surface area contributed by atoms with E-state index in [0.717, 1.165) is 12.1 Å². The number of aliphatic carboxylic acids is 1. The summed E-state index contributed by atoms with van der Waals surface area (Å²) in [5, 5.41) is 17.4. The van der Waals surface area contributed by atoms with E-state index in [4.69, 9.17) is 21.8 Å². The molecule has 0 aliphatic carbocycles. The minimum absolute atomic E-state index is 0.0154. The third-order valence-corrected chi connectivity index (χ3v) is 3.94. The van der Waals surface area contributed by atoms with Crippen molar-refractivity contribution >= 4 is 27.6 Å². The minimum atomic E-state index is -4.35.